The molecule has 5 rings (SSSR count). The highest BCUT2D eigenvalue weighted by Crippen LogP contribution is 2.29. The fourth-order valence-corrected chi connectivity index (χ4v) is 5.47. The third-order valence-corrected chi connectivity index (χ3v) is 7.88. The molecule has 1 aromatic carbocycles. The van der Waals surface area contributed by atoms with E-state index in [9.17, 15) is 14.4 Å². The van der Waals surface area contributed by atoms with Crippen LogP contribution in [0.25, 0.3) is 0 Å². The van der Waals surface area contributed by atoms with Crippen molar-refractivity contribution in [3.63, 3.8) is 0 Å². The number of piperazine rings is 1. The SMILES string of the molecule is CN1C(=O)c2c(C(=O)N3CCN(c4ccccc4)CC3)ncn2CC1(C)C(=O)NC1CCCCC1. The molecule has 3 aliphatic rings. The number of hydrogen-bond acceptors (Lipinski definition) is 5. The number of anilines is 1. The fourth-order valence-electron chi connectivity index (χ4n) is 5.47. The molecule has 2 fully saturated rings. The van der Waals surface area contributed by atoms with Gasteiger partial charge in [0, 0.05) is 45.0 Å². The molecule has 1 unspecified atom stereocenters. The minimum atomic E-state index is -1.04. The molecule has 1 N–H and O–H groups in total. The molecule has 9 nitrogen and oxygen atoms in total. The van der Waals surface area contributed by atoms with Crippen LogP contribution in [-0.2, 0) is 11.3 Å². The molecule has 0 bridgehead atoms. The molecule has 0 radical (unpaired) electrons. The normalized spacial score (nSPS) is 23.3. The average molecular weight is 479 g/mol. The van der Waals surface area contributed by atoms with Crippen LogP contribution in [-0.4, -0.2) is 81.9 Å². The summed E-state index contributed by atoms with van der Waals surface area (Å²) in [5.74, 6) is -0.728. The van der Waals surface area contributed by atoms with E-state index in [-0.39, 0.29) is 41.7 Å². The first-order valence-corrected chi connectivity index (χ1v) is 12.6. The van der Waals surface area contributed by atoms with E-state index in [1.54, 1.807) is 23.4 Å². The Hall–Kier alpha value is -3.36. The number of nitrogens with zero attached hydrogens (tertiary/aromatic N) is 5. The summed E-state index contributed by atoms with van der Waals surface area (Å²) in [6, 6.07) is 10.3. The number of aromatic nitrogens is 2. The van der Waals surface area contributed by atoms with E-state index in [0.29, 0.717) is 13.1 Å². The zero-order chi connectivity index (χ0) is 24.6. The van der Waals surface area contributed by atoms with E-state index in [1.807, 2.05) is 18.2 Å². The van der Waals surface area contributed by atoms with Crippen molar-refractivity contribution < 1.29 is 14.4 Å². The highest BCUT2D eigenvalue weighted by atomic mass is 16.2. The Kier molecular flexibility index (Phi) is 6.25. The Morgan fingerprint density at radius 1 is 1.03 bits per heavy atom. The molecule has 3 amide bonds. The third-order valence-electron chi connectivity index (χ3n) is 7.88. The lowest BCUT2D eigenvalue weighted by molar-refractivity contribution is -0.133. The number of para-hydroxylation sites is 1. The summed E-state index contributed by atoms with van der Waals surface area (Å²) < 4.78 is 1.68. The van der Waals surface area contributed by atoms with Crippen LogP contribution in [0.3, 0.4) is 0 Å². The molecule has 1 aromatic heterocycles. The topological polar surface area (TPSA) is 90.8 Å². The lowest BCUT2D eigenvalue weighted by Gasteiger charge is -2.42. The average Bonchev–Trinajstić information content (AvgIpc) is 3.31. The zero-order valence-electron chi connectivity index (χ0n) is 20.6. The number of fused-ring (bicyclic) bond motifs is 1. The van der Waals surface area contributed by atoms with Crippen LogP contribution in [0, 0.1) is 0 Å². The summed E-state index contributed by atoms with van der Waals surface area (Å²) in [5, 5.41) is 3.16. The predicted molar refractivity (Wildman–Crippen MR) is 132 cm³/mol. The van der Waals surface area contributed by atoms with Crippen LogP contribution in [0.1, 0.15) is 60.0 Å². The third kappa shape index (κ3) is 4.28. The number of carbonyl (C=O) groups excluding carboxylic acids is 3. The largest absolute Gasteiger partial charge is 0.368 e. The van der Waals surface area contributed by atoms with Crippen molar-refractivity contribution in [3.05, 3.63) is 48.0 Å². The fraction of sp³-hybridized carbons (Fsp3) is 0.538. The number of imidazole rings is 1. The number of benzene rings is 1. The molecule has 0 spiro atoms. The van der Waals surface area contributed by atoms with Crippen molar-refractivity contribution >= 4 is 23.4 Å². The van der Waals surface area contributed by atoms with Crippen molar-refractivity contribution in [1.29, 1.82) is 0 Å². The van der Waals surface area contributed by atoms with E-state index >= 15 is 0 Å². The molecule has 186 valence electrons. The second-order valence-electron chi connectivity index (χ2n) is 10.1. The Balaban J connectivity index is 1.29. The first kappa shape index (κ1) is 23.4. The smallest absolute Gasteiger partial charge is 0.275 e. The molecule has 1 saturated carbocycles. The molecular formula is C26H34N6O3. The highest BCUT2D eigenvalue weighted by Gasteiger charge is 2.47. The van der Waals surface area contributed by atoms with Crippen molar-refractivity contribution in [2.24, 2.45) is 0 Å². The molecule has 2 aromatic rings. The van der Waals surface area contributed by atoms with Gasteiger partial charge in [-0.25, -0.2) is 4.98 Å². The van der Waals surface area contributed by atoms with Gasteiger partial charge >= 0.3 is 0 Å². The minimum Gasteiger partial charge on any atom is -0.368 e. The predicted octanol–water partition coefficient (Wildman–Crippen LogP) is 2.14. The summed E-state index contributed by atoms with van der Waals surface area (Å²) in [4.78, 5) is 49.9. The summed E-state index contributed by atoms with van der Waals surface area (Å²) in [6.07, 6.45) is 6.93. The summed E-state index contributed by atoms with van der Waals surface area (Å²) in [6.45, 7) is 4.62. The zero-order valence-corrected chi connectivity index (χ0v) is 20.6. The van der Waals surface area contributed by atoms with Gasteiger partial charge in [-0.1, -0.05) is 37.5 Å². The molecule has 35 heavy (non-hydrogen) atoms. The van der Waals surface area contributed by atoms with E-state index < -0.39 is 5.54 Å². The maximum Gasteiger partial charge on any atom is 0.275 e. The van der Waals surface area contributed by atoms with E-state index in [0.717, 1.165) is 44.5 Å². The lowest BCUT2D eigenvalue weighted by Crippen LogP contribution is -2.63. The maximum absolute atomic E-state index is 13.4. The molecular weight excluding hydrogens is 444 g/mol. The molecule has 9 heteroatoms. The Morgan fingerprint density at radius 2 is 1.71 bits per heavy atom. The number of carbonyl (C=O) groups is 3. The van der Waals surface area contributed by atoms with Crippen LogP contribution in [0.4, 0.5) is 5.69 Å². The van der Waals surface area contributed by atoms with E-state index in [1.165, 1.54) is 17.6 Å². The summed E-state index contributed by atoms with van der Waals surface area (Å²) in [7, 11) is 1.65. The number of amides is 3. The van der Waals surface area contributed by atoms with Crippen LogP contribution in [0.2, 0.25) is 0 Å². The molecule has 3 heterocycles. The number of nitrogens with one attached hydrogen (secondary N) is 1. The Labute approximate surface area is 206 Å². The van der Waals surface area contributed by atoms with Gasteiger partial charge in [0.2, 0.25) is 5.91 Å². The first-order valence-electron chi connectivity index (χ1n) is 12.6. The van der Waals surface area contributed by atoms with Gasteiger partial charge in [-0.3, -0.25) is 14.4 Å². The van der Waals surface area contributed by atoms with Crippen LogP contribution in [0.5, 0.6) is 0 Å². The van der Waals surface area contributed by atoms with Gasteiger partial charge in [0.05, 0.1) is 12.9 Å². The van der Waals surface area contributed by atoms with E-state index in [2.05, 4.69) is 27.3 Å². The lowest BCUT2D eigenvalue weighted by atomic mass is 9.91. The maximum atomic E-state index is 13.4. The second-order valence-corrected chi connectivity index (χ2v) is 10.1. The minimum absolute atomic E-state index is 0.149. The van der Waals surface area contributed by atoms with Crippen LogP contribution in [0.15, 0.2) is 36.7 Å². The molecule has 2 aliphatic heterocycles. The standard InChI is InChI=1S/C26H34N6O3/c1-26(25(35)28-19-9-5-3-6-10-19)17-32-18-27-21(22(32)24(34)29(26)2)23(33)31-15-13-30(14-16-31)20-11-7-4-8-12-20/h4,7-8,11-12,18-19H,3,5-6,9-10,13-17H2,1-2H3,(H,28,35). The van der Waals surface area contributed by atoms with Crippen LogP contribution < -0.4 is 10.2 Å². The molecule has 1 aliphatic carbocycles. The number of hydrogen-bond donors (Lipinski definition) is 1. The van der Waals surface area contributed by atoms with Gasteiger partial charge in [0.1, 0.15) is 11.2 Å². The summed E-state index contributed by atoms with van der Waals surface area (Å²) >= 11 is 0. The van der Waals surface area contributed by atoms with Crippen molar-refractivity contribution in [2.75, 3.05) is 38.1 Å². The van der Waals surface area contributed by atoms with Gasteiger partial charge in [-0.2, -0.15) is 0 Å². The quantitative estimate of drug-likeness (QED) is 0.727. The van der Waals surface area contributed by atoms with Crippen LogP contribution >= 0.6 is 0 Å². The second kappa shape index (κ2) is 9.36. The van der Waals surface area contributed by atoms with Gasteiger partial charge in [0.25, 0.3) is 11.8 Å². The highest BCUT2D eigenvalue weighted by molar-refractivity contribution is 6.07. The van der Waals surface area contributed by atoms with Gasteiger partial charge in [-0.05, 0) is 31.9 Å². The first-order chi connectivity index (χ1) is 16.9. The van der Waals surface area contributed by atoms with E-state index in [4.69, 9.17) is 0 Å². The number of likely N-dealkylation sites (N-methyl/N-ethyl adjacent to an activating group) is 1. The molecule has 1 atom stereocenters. The Morgan fingerprint density at radius 3 is 2.40 bits per heavy atom. The Bertz CT molecular complexity index is 1100. The van der Waals surface area contributed by atoms with Crippen molar-refractivity contribution in [3.8, 4) is 0 Å². The monoisotopic (exact) mass is 478 g/mol. The number of rotatable bonds is 4. The molecule has 1 saturated heterocycles. The van der Waals surface area contributed by atoms with Crippen molar-refractivity contribution in [1.82, 2.24) is 24.7 Å². The van der Waals surface area contributed by atoms with Gasteiger partial charge < -0.3 is 24.6 Å². The summed E-state index contributed by atoms with van der Waals surface area (Å²) in [5.41, 5.74) is 0.543. The van der Waals surface area contributed by atoms with Gasteiger partial charge in [-0.15, -0.1) is 0 Å². The van der Waals surface area contributed by atoms with Crippen molar-refractivity contribution in [2.45, 2.75) is 57.2 Å². The van der Waals surface area contributed by atoms with Gasteiger partial charge in [0.15, 0.2) is 5.69 Å².